The third-order valence-corrected chi connectivity index (χ3v) is 7.69. The van der Waals surface area contributed by atoms with Gasteiger partial charge < -0.3 is 14.9 Å². The molecule has 34 heavy (non-hydrogen) atoms. The number of likely N-dealkylation sites (N-methyl/N-ethyl adjacent to an activating group) is 1. The molecule has 176 valence electrons. The number of carbonyl (C=O) groups is 2. The lowest BCUT2D eigenvalue weighted by atomic mass is 10.0. The number of hydrogen-bond donors (Lipinski definition) is 2. The highest BCUT2D eigenvalue weighted by molar-refractivity contribution is 7.15. The molecule has 1 saturated heterocycles. The van der Waals surface area contributed by atoms with Crippen LogP contribution < -0.4 is 5.32 Å². The van der Waals surface area contributed by atoms with Gasteiger partial charge in [-0.2, -0.15) is 0 Å². The number of hydrogen-bond acceptors (Lipinski definition) is 6. The van der Waals surface area contributed by atoms with Gasteiger partial charge >= 0.3 is 0 Å². The first-order chi connectivity index (χ1) is 16.4. The van der Waals surface area contributed by atoms with Crippen molar-refractivity contribution in [1.29, 1.82) is 0 Å². The van der Waals surface area contributed by atoms with Crippen LogP contribution in [0.2, 0.25) is 5.02 Å². The van der Waals surface area contributed by atoms with Crippen molar-refractivity contribution in [2.24, 2.45) is 0 Å². The highest BCUT2D eigenvalue weighted by Crippen LogP contribution is 2.35. The predicted octanol–water partition coefficient (Wildman–Crippen LogP) is 4.72. The Kier molecular flexibility index (Phi) is 6.29. The van der Waals surface area contributed by atoms with Crippen LogP contribution in [0.5, 0.6) is 5.75 Å². The zero-order valence-corrected chi connectivity index (χ0v) is 20.3. The van der Waals surface area contributed by atoms with Crippen LogP contribution in [0.25, 0.3) is 0 Å². The van der Waals surface area contributed by atoms with Gasteiger partial charge in [0.2, 0.25) is 0 Å². The number of phenols is 1. The van der Waals surface area contributed by atoms with Crippen LogP contribution in [-0.2, 0) is 13.0 Å². The molecule has 0 bridgehead atoms. The number of anilines is 1. The second kappa shape index (κ2) is 9.37. The summed E-state index contributed by atoms with van der Waals surface area (Å²) in [5, 5.41) is 13.4. The first-order valence-corrected chi connectivity index (χ1v) is 12.5. The normalized spacial score (nSPS) is 18.1. The summed E-state index contributed by atoms with van der Waals surface area (Å²) in [5.74, 6) is -0.400. The van der Waals surface area contributed by atoms with Crippen LogP contribution in [0.3, 0.4) is 0 Å². The van der Waals surface area contributed by atoms with Crippen molar-refractivity contribution >= 4 is 39.9 Å². The number of phenolic OH excluding ortho intramolecular Hbond substituents is 1. The molecule has 0 radical (unpaired) electrons. The minimum absolute atomic E-state index is 0.0528. The van der Waals surface area contributed by atoms with Crippen LogP contribution in [0.1, 0.15) is 55.7 Å². The van der Waals surface area contributed by atoms with Gasteiger partial charge in [0.15, 0.2) is 5.13 Å². The van der Waals surface area contributed by atoms with E-state index in [2.05, 4.69) is 22.2 Å². The summed E-state index contributed by atoms with van der Waals surface area (Å²) in [5.41, 5.74) is 2.96. The summed E-state index contributed by atoms with van der Waals surface area (Å²) in [4.78, 5) is 36.0. The molecule has 7 nitrogen and oxygen atoms in total. The van der Waals surface area contributed by atoms with Gasteiger partial charge in [-0.3, -0.25) is 14.9 Å². The Morgan fingerprint density at radius 1 is 1.18 bits per heavy atom. The first kappa shape index (κ1) is 22.8. The number of halogens is 1. The van der Waals surface area contributed by atoms with E-state index < -0.39 is 0 Å². The van der Waals surface area contributed by atoms with Crippen molar-refractivity contribution in [2.75, 3.05) is 25.5 Å². The summed E-state index contributed by atoms with van der Waals surface area (Å²) in [6, 6.07) is 11.8. The van der Waals surface area contributed by atoms with E-state index in [-0.39, 0.29) is 28.6 Å². The van der Waals surface area contributed by atoms with Gasteiger partial charge in [0.05, 0.1) is 16.8 Å². The second-order valence-electron chi connectivity index (χ2n) is 8.78. The molecule has 2 N–H and O–H groups in total. The number of carbonyl (C=O) groups excluding carboxylic acids is 2. The van der Waals surface area contributed by atoms with Crippen molar-refractivity contribution < 1.29 is 14.7 Å². The quantitative estimate of drug-likeness (QED) is 0.546. The maximum atomic E-state index is 13.2. The molecule has 1 unspecified atom stereocenters. The van der Waals surface area contributed by atoms with Gasteiger partial charge in [-0.15, -0.1) is 11.3 Å². The van der Waals surface area contributed by atoms with E-state index in [0.29, 0.717) is 22.8 Å². The molecule has 9 heteroatoms. The molecule has 5 rings (SSSR count). The van der Waals surface area contributed by atoms with Gasteiger partial charge in [0, 0.05) is 42.1 Å². The summed E-state index contributed by atoms with van der Waals surface area (Å²) < 4.78 is 0. The van der Waals surface area contributed by atoms with Crippen LogP contribution in [0.4, 0.5) is 5.13 Å². The largest absolute Gasteiger partial charge is 0.506 e. The molecular formula is C25H25ClN4O3S. The molecule has 1 aromatic heterocycles. The van der Waals surface area contributed by atoms with Crippen LogP contribution in [0.15, 0.2) is 42.5 Å². The first-order valence-electron chi connectivity index (χ1n) is 11.3. The molecule has 1 atom stereocenters. The number of benzene rings is 2. The Balaban J connectivity index is 1.33. The van der Waals surface area contributed by atoms with Crippen molar-refractivity contribution in [3.05, 3.63) is 74.7 Å². The monoisotopic (exact) mass is 496 g/mol. The summed E-state index contributed by atoms with van der Waals surface area (Å²) in [6.07, 6.45) is 2.58. The number of fused-ring (bicyclic) bond motifs is 1. The van der Waals surface area contributed by atoms with E-state index in [1.54, 1.807) is 12.1 Å². The van der Waals surface area contributed by atoms with Crippen molar-refractivity contribution in [1.82, 2.24) is 14.8 Å². The molecule has 2 amide bonds. The number of likely N-dealkylation sites (tertiary alicyclic amines) is 1. The Hall–Kier alpha value is -2.94. The fraction of sp³-hybridized carbons (Fsp3) is 0.320. The highest BCUT2D eigenvalue weighted by atomic mass is 35.5. The number of nitrogens with zero attached hydrogens (tertiary/aromatic N) is 3. The van der Waals surface area contributed by atoms with Gasteiger partial charge in [-0.25, -0.2) is 4.98 Å². The zero-order chi connectivity index (χ0) is 23.8. The molecule has 0 aliphatic carbocycles. The SMILES string of the molecule is CN1CCc2nc(NC(=O)c3cccc(C4CCCN4C(=O)c4ccc(O)c(Cl)c4)c3)sc2C1. The van der Waals surface area contributed by atoms with E-state index in [1.165, 1.54) is 28.3 Å². The molecule has 2 aliphatic rings. The fourth-order valence-corrected chi connectivity index (χ4v) is 5.86. The number of amides is 2. The smallest absolute Gasteiger partial charge is 0.257 e. The number of aromatic hydroxyl groups is 1. The molecule has 1 fully saturated rings. The molecule has 3 aromatic rings. The average Bonchev–Trinajstić information content (AvgIpc) is 3.47. The van der Waals surface area contributed by atoms with E-state index in [0.717, 1.165) is 43.6 Å². The third-order valence-electron chi connectivity index (χ3n) is 6.38. The summed E-state index contributed by atoms with van der Waals surface area (Å²) in [6.45, 7) is 2.45. The van der Waals surface area contributed by atoms with Gasteiger partial charge in [-0.05, 0) is 55.8 Å². The molecule has 2 aliphatic heterocycles. The Morgan fingerprint density at radius 3 is 2.85 bits per heavy atom. The van der Waals surface area contributed by atoms with E-state index >= 15 is 0 Å². The maximum Gasteiger partial charge on any atom is 0.257 e. The standard InChI is InChI=1S/C25H25ClN4O3S/c1-29-11-9-19-22(14-29)34-25(27-19)28-23(32)16-5-2-4-15(12-16)20-6-3-10-30(20)24(33)17-7-8-21(31)18(26)13-17/h2,4-5,7-8,12-13,20,31H,3,6,9-11,14H2,1H3,(H,27,28,32). The fourth-order valence-electron chi connectivity index (χ4n) is 4.60. The lowest BCUT2D eigenvalue weighted by molar-refractivity contribution is 0.0735. The number of thiazole rings is 1. The molecule has 3 heterocycles. The number of rotatable bonds is 4. The average molecular weight is 497 g/mol. The zero-order valence-electron chi connectivity index (χ0n) is 18.8. The van der Waals surface area contributed by atoms with Gasteiger partial charge in [0.1, 0.15) is 5.75 Å². The van der Waals surface area contributed by atoms with Gasteiger partial charge in [0.25, 0.3) is 11.8 Å². The van der Waals surface area contributed by atoms with Crippen LogP contribution in [0, 0.1) is 0 Å². The lowest BCUT2D eigenvalue weighted by Gasteiger charge is -2.25. The van der Waals surface area contributed by atoms with E-state index in [1.807, 2.05) is 23.1 Å². The number of nitrogens with one attached hydrogen (secondary N) is 1. The number of aromatic nitrogens is 1. The minimum atomic E-state index is -0.206. The van der Waals surface area contributed by atoms with E-state index in [9.17, 15) is 14.7 Å². The Labute approximate surface area is 207 Å². The predicted molar refractivity (Wildman–Crippen MR) is 133 cm³/mol. The molecular weight excluding hydrogens is 472 g/mol. The topological polar surface area (TPSA) is 85.8 Å². The van der Waals surface area contributed by atoms with Crippen molar-refractivity contribution in [3.8, 4) is 5.75 Å². The van der Waals surface area contributed by atoms with Crippen molar-refractivity contribution in [3.63, 3.8) is 0 Å². The summed E-state index contributed by atoms with van der Waals surface area (Å²) >= 11 is 7.54. The second-order valence-corrected chi connectivity index (χ2v) is 10.3. The lowest BCUT2D eigenvalue weighted by Crippen LogP contribution is -2.30. The third kappa shape index (κ3) is 4.53. The Bertz CT molecular complexity index is 1260. The Morgan fingerprint density at radius 2 is 2.03 bits per heavy atom. The highest BCUT2D eigenvalue weighted by Gasteiger charge is 2.31. The van der Waals surface area contributed by atoms with E-state index in [4.69, 9.17) is 11.6 Å². The molecule has 0 spiro atoms. The molecule has 0 saturated carbocycles. The van der Waals surface area contributed by atoms with Gasteiger partial charge in [-0.1, -0.05) is 23.7 Å². The van der Waals surface area contributed by atoms with Crippen LogP contribution in [-0.4, -0.2) is 51.8 Å². The minimum Gasteiger partial charge on any atom is -0.506 e. The maximum absolute atomic E-state index is 13.2. The molecule has 2 aromatic carbocycles. The van der Waals surface area contributed by atoms with Crippen molar-refractivity contribution in [2.45, 2.75) is 31.8 Å². The van der Waals surface area contributed by atoms with Crippen LogP contribution >= 0.6 is 22.9 Å². The summed E-state index contributed by atoms with van der Waals surface area (Å²) in [7, 11) is 2.08.